The molecular weight excluding hydrogens is 572 g/mol. The van der Waals surface area contributed by atoms with E-state index < -0.39 is 22.8 Å². The predicted octanol–water partition coefficient (Wildman–Crippen LogP) is 9.87. The fourth-order valence-corrected chi connectivity index (χ4v) is 15.7. The summed E-state index contributed by atoms with van der Waals surface area (Å²) in [6, 6.07) is 0. The Morgan fingerprint density at radius 1 is 0.587 bits per heavy atom. The Hall–Kier alpha value is -1.65. The quantitative estimate of drug-likeness (QED) is 0.295. The van der Waals surface area contributed by atoms with Crippen LogP contribution in [0.5, 0.6) is 0 Å². The van der Waals surface area contributed by atoms with Crippen molar-refractivity contribution in [1.29, 1.82) is 0 Å². The van der Waals surface area contributed by atoms with Crippen LogP contribution in [0.1, 0.15) is 157 Å². The number of hydrogen-bond acceptors (Lipinski definition) is 3. The summed E-state index contributed by atoms with van der Waals surface area (Å²) < 4.78 is 0. The molecule has 0 unspecified atom stereocenters. The Balaban J connectivity index is 0.000000147. The van der Waals surface area contributed by atoms with E-state index in [4.69, 9.17) is 0 Å². The van der Waals surface area contributed by atoms with Crippen LogP contribution in [0.4, 0.5) is 0 Å². The first-order valence-corrected chi connectivity index (χ1v) is 19.0. The number of hydrogen-bond donors (Lipinski definition) is 2. The number of carbonyl (C=O) groups excluding carboxylic acids is 1. The van der Waals surface area contributed by atoms with Crippen molar-refractivity contribution < 1.29 is 24.6 Å². The standard InChI is InChI=1S/C21H32O2.C20H30O3/c1-14-12-21-11-7-15-19(3,8-5-9-20(15,4)17(22)23)16(21)6-10-18(14,2)13-21;1-17-9-5-14-18(2)7-4-8-19(3,16(22)23)13(18)6-10-20(14,12-17)11-15(17)21/h15-16H,1,5-13H2,2-4H3,(H,22,23);13-14H,4-12H2,1-3H3,(H,22,23)/t15-,16-,18+,19+,20+,21+;13-,14-,17-,18+,19+,20-/m00/s1. The molecule has 0 aliphatic heterocycles. The van der Waals surface area contributed by atoms with Crippen molar-refractivity contribution in [1.82, 2.24) is 0 Å². The van der Waals surface area contributed by atoms with E-state index in [1.807, 2.05) is 13.8 Å². The monoisotopic (exact) mass is 634 g/mol. The molecule has 2 N–H and O–H groups in total. The molecule has 0 aromatic carbocycles. The van der Waals surface area contributed by atoms with Crippen molar-refractivity contribution >= 4 is 17.7 Å². The number of aliphatic carboxylic acids is 2. The van der Waals surface area contributed by atoms with Gasteiger partial charge < -0.3 is 10.2 Å². The lowest BCUT2D eigenvalue weighted by molar-refractivity contribution is -0.183. The van der Waals surface area contributed by atoms with Crippen LogP contribution in [0, 0.1) is 67.0 Å². The van der Waals surface area contributed by atoms with E-state index in [-0.39, 0.29) is 27.6 Å². The molecule has 256 valence electrons. The minimum atomic E-state index is -0.604. The maximum Gasteiger partial charge on any atom is 0.309 e. The summed E-state index contributed by atoms with van der Waals surface area (Å²) in [4.78, 5) is 36.8. The summed E-state index contributed by atoms with van der Waals surface area (Å²) in [6.45, 7) is 17.9. The van der Waals surface area contributed by atoms with Crippen LogP contribution in [-0.2, 0) is 14.4 Å². The van der Waals surface area contributed by atoms with Crippen LogP contribution in [0.3, 0.4) is 0 Å². The summed E-state index contributed by atoms with van der Waals surface area (Å²) in [5.41, 5.74) is 1.64. The molecule has 12 atom stereocenters. The van der Waals surface area contributed by atoms with Gasteiger partial charge in [0.2, 0.25) is 0 Å². The lowest BCUT2D eigenvalue weighted by Crippen LogP contribution is -2.58. The molecular formula is C41H62O5. The van der Waals surface area contributed by atoms with Gasteiger partial charge in [-0.2, -0.15) is 0 Å². The second-order valence-corrected chi connectivity index (χ2v) is 20.1. The minimum absolute atomic E-state index is 0.0789. The first kappa shape index (κ1) is 32.9. The molecule has 8 fully saturated rings. The third-order valence-corrected chi connectivity index (χ3v) is 17.9. The third kappa shape index (κ3) is 4.13. The van der Waals surface area contributed by atoms with Crippen LogP contribution < -0.4 is 0 Å². The molecule has 5 nitrogen and oxygen atoms in total. The second kappa shape index (κ2) is 9.96. The predicted molar refractivity (Wildman–Crippen MR) is 180 cm³/mol. The van der Waals surface area contributed by atoms with Crippen LogP contribution >= 0.6 is 0 Å². The Kier molecular flexibility index (Phi) is 7.12. The highest BCUT2D eigenvalue weighted by Crippen LogP contribution is 2.75. The van der Waals surface area contributed by atoms with E-state index in [0.29, 0.717) is 34.4 Å². The van der Waals surface area contributed by atoms with E-state index in [0.717, 1.165) is 77.0 Å². The van der Waals surface area contributed by atoms with Crippen molar-refractivity contribution in [3.63, 3.8) is 0 Å². The van der Waals surface area contributed by atoms with Gasteiger partial charge in [0.05, 0.1) is 10.8 Å². The van der Waals surface area contributed by atoms with Gasteiger partial charge in [0.1, 0.15) is 5.78 Å². The van der Waals surface area contributed by atoms with E-state index >= 15 is 0 Å². The molecule has 0 aromatic rings. The lowest BCUT2D eigenvalue weighted by atomic mass is 9.40. The van der Waals surface area contributed by atoms with Crippen LogP contribution in [0.2, 0.25) is 0 Å². The molecule has 46 heavy (non-hydrogen) atoms. The van der Waals surface area contributed by atoms with Crippen molar-refractivity contribution in [3.8, 4) is 0 Å². The summed E-state index contributed by atoms with van der Waals surface area (Å²) in [7, 11) is 0. The third-order valence-electron chi connectivity index (χ3n) is 17.9. The minimum Gasteiger partial charge on any atom is -0.481 e. The molecule has 8 rings (SSSR count). The zero-order chi connectivity index (χ0) is 33.3. The molecule has 0 heterocycles. The highest BCUT2D eigenvalue weighted by Gasteiger charge is 2.69. The number of allylic oxidation sites excluding steroid dienone is 1. The Labute approximate surface area is 278 Å². The van der Waals surface area contributed by atoms with Crippen molar-refractivity contribution in [2.45, 2.75) is 157 Å². The van der Waals surface area contributed by atoms with Gasteiger partial charge in [0, 0.05) is 11.8 Å². The normalized spacial score (nSPS) is 55.2. The van der Waals surface area contributed by atoms with Gasteiger partial charge in [-0.25, -0.2) is 0 Å². The molecule has 0 amide bonds. The van der Waals surface area contributed by atoms with Gasteiger partial charge in [0.15, 0.2) is 0 Å². The number of carboxylic acids is 2. The fourth-order valence-electron chi connectivity index (χ4n) is 15.7. The van der Waals surface area contributed by atoms with Crippen molar-refractivity contribution in [2.75, 3.05) is 0 Å². The van der Waals surface area contributed by atoms with Gasteiger partial charge >= 0.3 is 11.9 Å². The number of rotatable bonds is 2. The average Bonchev–Trinajstić information content (AvgIpc) is 3.26. The summed E-state index contributed by atoms with van der Waals surface area (Å²) in [5, 5.41) is 19.9. The number of carbonyl (C=O) groups is 3. The van der Waals surface area contributed by atoms with Crippen molar-refractivity contribution in [2.24, 2.45) is 67.0 Å². The smallest absolute Gasteiger partial charge is 0.309 e. The van der Waals surface area contributed by atoms with Crippen molar-refractivity contribution in [3.05, 3.63) is 12.2 Å². The highest BCUT2D eigenvalue weighted by molar-refractivity contribution is 5.88. The lowest BCUT2D eigenvalue weighted by Gasteiger charge is -2.63. The molecule has 0 radical (unpaired) electrons. The topological polar surface area (TPSA) is 91.7 Å². The Morgan fingerprint density at radius 2 is 1.00 bits per heavy atom. The van der Waals surface area contributed by atoms with Gasteiger partial charge in [-0.15, -0.1) is 0 Å². The summed E-state index contributed by atoms with van der Waals surface area (Å²) >= 11 is 0. The molecule has 0 saturated heterocycles. The number of ketones is 1. The molecule has 5 heteroatoms. The van der Waals surface area contributed by atoms with E-state index in [1.165, 1.54) is 44.1 Å². The number of fused-ring (bicyclic) bond motifs is 6. The molecule has 8 aliphatic carbocycles. The van der Waals surface area contributed by atoms with Crippen LogP contribution in [-0.4, -0.2) is 27.9 Å². The van der Waals surface area contributed by atoms with E-state index in [1.54, 1.807) is 0 Å². The molecule has 8 saturated carbocycles. The average molecular weight is 635 g/mol. The van der Waals surface area contributed by atoms with E-state index in [9.17, 15) is 24.6 Å². The zero-order valence-electron chi connectivity index (χ0n) is 29.9. The second-order valence-electron chi connectivity index (χ2n) is 20.1. The number of carboxylic acid groups (broad SMARTS) is 2. The largest absolute Gasteiger partial charge is 0.481 e. The molecule has 4 bridgehead atoms. The van der Waals surface area contributed by atoms with Gasteiger partial charge in [-0.05, 0) is 161 Å². The van der Waals surface area contributed by atoms with E-state index in [2.05, 4.69) is 34.3 Å². The maximum absolute atomic E-state index is 12.6. The van der Waals surface area contributed by atoms with Gasteiger partial charge in [0.25, 0.3) is 0 Å². The van der Waals surface area contributed by atoms with Crippen LogP contribution in [0.25, 0.3) is 0 Å². The Morgan fingerprint density at radius 3 is 1.48 bits per heavy atom. The van der Waals surface area contributed by atoms with Crippen LogP contribution in [0.15, 0.2) is 12.2 Å². The molecule has 2 spiro atoms. The summed E-state index contributed by atoms with van der Waals surface area (Å²) in [5.74, 6) is 1.21. The van der Waals surface area contributed by atoms with Gasteiger partial charge in [-0.3, -0.25) is 14.4 Å². The first-order chi connectivity index (χ1) is 21.3. The molecule has 0 aromatic heterocycles. The molecule has 8 aliphatic rings. The Bertz CT molecular complexity index is 1270. The fraction of sp³-hybridized carbons (Fsp3) is 0.878. The summed E-state index contributed by atoms with van der Waals surface area (Å²) in [6.07, 6.45) is 19.6. The number of Topliss-reactive ketones (excluding diaryl/α,β-unsaturated/α-hetero) is 1. The highest BCUT2D eigenvalue weighted by atomic mass is 16.4. The SMILES string of the molecule is C=C1C[C@@]23CC[C@H]4[C@@](C)(CCC[C@@]4(C)C(=O)O)[C@@H]2CC[C@]1(C)C3.C[C@@]12CC[C@@H]3[C@@](CC[C@H]4[C@@]3(C)CCC[C@@]4(C)C(=O)O)(CC1=O)C2. The zero-order valence-corrected chi connectivity index (χ0v) is 29.9. The maximum atomic E-state index is 12.6. The first-order valence-electron chi connectivity index (χ1n) is 19.0. The van der Waals surface area contributed by atoms with Gasteiger partial charge in [-0.1, -0.05) is 52.7 Å².